The molecule has 0 aliphatic rings. The van der Waals surface area contributed by atoms with Crippen molar-refractivity contribution in [1.29, 1.82) is 0 Å². The van der Waals surface area contributed by atoms with Gasteiger partial charge in [-0.2, -0.15) is 0 Å². The van der Waals surface area contributed by atoms with Crippen molar-refractivity contribution in [2.45, 2.75) is 181 Å². The van der Waals surface area contributed by atoms with Crippen LogP contribution in [-0.2, 0) is 19.1 Å². The van der Waals surface area contributed by atoms with Crippen LogP contribution in [0, 0.1) is 5.92 Å². The molecule has 0 aromatic carbocycles. The molecule has 0 saturated carbocycles. The standard InChI is InChI=1S/C35H69NO4/c1-6-9-12-15-17-19-22-27-32(26-21-18-14-11-8-3)35(38)39-31-33(28-23-20-16-13-10-7-2)40-34(37)29-24-25-30-36(4)5/h32-33H,6-31H2,1-5H3. The maximum atomic E-state index is 13.2. The predicted molar refractivity (Wildman–Crippen MR) is 171 cm³/mol. The summed E-state index contributed by atoms with van der Waals surface area (Å²) in [6, 6.07) is 0. The van der Waals surface area contributed by atoms with Crippen LogP contribution in [-0.4, -0.2) is 50.2 Å². The number of carbonyl (C=O) groups is 2. The second kappa shape index (κ2) is 29.4. The van der Waals surface area contributed by atoms with Crippen LogP contribution in [0.1, 0.15) is 175 Å². The monoisotopic (exact) mass is 568 g/mol. The van der Waals surface area contributed by atoms with Crippen LogP contribution in [0.4, 0.5) is 0 Å². The molecule has 238 valence electrons. The van der Waals surface area contributed by atoms with E-state index in [2.05, 4.69) is 39.8 Å². The van der Waals surface area contributed by atoms with Gasteiger partial charge in [-0.1, -0.05) is 130 Å². The molecule has 0 aliphatic carbocycles. The van der Waals surface area contributed by atoms with Crippen molar-refractivity contribution in [3.63, 3.8) is 0 Å². The van der Waals surface area contributed by atoms with Gasteiger partial charge in [0.2, 0.25) is 0 Å². The van der Waals surface area contributed by atoms with Crippen molar-refractivity contribution < 1.29 is 19.1 Å². The number of carbonyl (C=O) groups excluding carboxylic acids is 2. The lowest BCUT2D eigenvalue weighted by atomic mass is 9.94. The van der Waals surface area contributed by atoms with E-state index in [1.807, 2.05) is 0 Å². The van der Waals surface area contributed by atoms with Gasteiger partial charge in [0, 0.05) is 6.42 Å². The number of rotatable bonds is 30. The van der Waals surface area contributed by atoms with E-state index in [0.717, 1.165) is 64.3 Å². The van der Waals surface area contributed by atoms with Gasteiger partial charge >= 0.3 is 11.9 Å². The summed E-state index contributed by atoms with van der Waals surface area (Å²) in [5.41, 5.74) is 0. The number of hydrogen-bond acceptors (Lipinski definition) is 5. The second-order valence-electron chi connectivity index (χ2n) is 12.4. The Morgan fingerprint density at radius 3 is 1.50 bits per heavy atom. The quantitative estimate of drug-likeness (QED) is 0.0638. The zero-order valence-electron chi connectivity index (χ0n) is 27.6. The Labute approximate surface area is 249 Å². The van der Waals surface area contributed by atoms with Crippen molar-refractivity contribution in [2.24, 2.45) is 5.92 Å². The molecule has 0 bridgehead atoms. The molecular formula is C35H69NO4. The van der Waals surface area contributed by atoms with E-state index in [4.69, 9.17) is 9.47 Å². The zero-order chi connectivity index (χ0) is 29.7. The molecule has 0 saturated heterocycles. The molecule has 0 radical (unpaired) electrons. The van der Waals surface area contributed by atoms with Crippen LogP contribution >= 0.6 is 0 Å². The van der Waals surface area contributed by atoms with Crippen molar-refractivity contribution >= 4 is 11.9 Å². The Kier molecular flexibility index (Phi) is 28.6. The molecule has 0 aromatic heterocycles. The first-order valence-corrected chi connectivity index (χ1v) is 17.4. The van der Waals surface area contributed by atoms with Gasteiger partial charge in [0.15, 0.2) is 0 Å². The minimum Gasteiger partial charge on any atom is -0.462 e. The van der Waals surface area contributed by atoms with Gasteiger partial charge in [0.25, 0.3) is 0 Å². The minimum absolute atomic E-state index is 0.0197. The molecule has 40 heavy (non-hydrogen) atoms. The highest BCUT2D eigenvalue weighted by Gasteiger charge is 2.22. The van der Waals surface area contributed by atoms with Crippen molar-refractivity contribution in [2.75, 3.05) is 27.2 Å². The SMILES string of the molecule is CCCCCCCCCC(CCCCCCC)C(=O)OCC(CCCCCCCC)OC(=O)CCCCN(C)C. The number of ether oxygens (including phenoxy) is 2. The molecule has 2 unspecified atom stereocenters. The summed E-state index contributed by atoms with van der Waals surface area (Å²) < 4.78 is 11.7. The largest absolute Gasteiger partial charge is 0.462 e. The summed E-state index contributed by atoms with van der Waals surface area (Å²) in [4.78, 5) is 27.9. The Morgan fingerprint density at radius 2 is 1.02 bits per heavy atom. The smallest absolute Gasteiger partial charge is 0.309 e. The molecule has 0 aliphatic heterocycles. The Morgan fingerprint density at radius 1 is 0.575 bits per heavy atom. The molecule has 0 N–H and O–H groups in total. The van der Waals surface area contributed by atoms with Crippen LogP contribution < -0.4 is 0 Å². The molecule has 0 fully saturated rings. The summed E-state index contributed by atoms with van der Waals surface area (Å²) in [6.45, 7) is 7.90. The average Bonchev–Trinajstić information content (AvgIpc) is 2.93. The van der Waals surface area contributed by atoms with Gasteiger partial charge in [-0.3, -0.25) is 9.59 Å². The third-order valence-corrected chi connectivity index (χ3v) is 7.97. The number of hydrogen-bond donors (Lipinski definition) is 0. The molecule has 0 rings (SSSR count). The highest BCUT2D eigenvalue weighted by atomic mass is 16.6. The summed E-state index contributed by atoms with van der Waals surface area (Å²) >= 11 is 0. The van der Waals surface area contributed by atoms with E-state index < -0.39 is 0 Å². The predicted octanol–water partition coefficient (Wildman–Crippen LogP) is 10.0. The van der Waals surface area contributed by atoms with Crippen LogP contribution in [0.5, 0.6) is 0 Å². The Balaban J connectivity index is 4.81. The van der Waals surface area contributed by atoms with Gasteiger partial charge in [0.1, 0.15) is 12.7 Å². The molecule has 0 spiro atoms. The van der Waals surface area contributed by atoms with Crippen LogP contribution in [0.3, 0.4) is 0 Å². The van der Waals surface area contributed by atoms with Crippen molar-refractivity contribution in [1.82, 2.24) is 4.90 Å². The van der Waals surface area contributed by atoms with E-state index in [9.17, 15) is 9.59 Å². The topological polar surface area (TPSA) is 55.8 Å². The first-order chi connectivity index (χ1) is 19.4. The summed E-state index contributed by atoms with van der Waals surface area (Å²) in [6.07, 6.45) is 26.6. The molecule has 5 nitrogen and oxygen atoms in total. The van der Waals surface area contributed by atoms with E-state index in [0.29, 0.717) is 6.42 Å². The summed E-state index contributed by atoms with van der Waals surface area (Å²) in [7, 11) is 4.10. The van der Waals surface area contributed by atoms with Gasteiger partial charge in [-0.25, -0.2) is 0 Å². The van der Waals surface area contributed by atoms with Crippen molar-refractivity contribution in [3.8, 4) is 0 Å². The first kappa shape index (κ1) is 38.9. The van der Waals surface area contributed by atoms with E-state index in [-0.39, 0.29) is 30.6 Å². The lowest BCUT2D eigenvalue weighted by Crippen LogP contribution is -2.28. The molecule has 0 aromatic rings. The highest BCUT2D eigenvalue weighted by Crippen LogP contribution is 2.22. The van der Waals surface area contributed by atoms with Gasteiger partial charge < -0.3 is 14.4 Å². The number of esters is 2. The van der Waals surface area contributed by atoms with E-state index in [1.54, 1.807) is 0 Å². The molecule has 0 heterocycles. The fourth-order valence-corrected chi connectivity index (χ4v) is 5.29. The van der Waals surface area contributed by atoms with Crippen LogP contribution in [0.25, 0.3) is 0 Å². The van der Waals surface area contributed by atoms with Crippen LogP contribution in [0.15, 0.2) is 0 Å². The normalized spacial score (nSPS) is 12.9. The average molecular weight is 568 g/mol. The molecule has 2 atom stereocenters. The maximum Gasteiger partial charge on any atom is 0.309 e. The number of nitrogens with zero attached hydrogens (tertiary/aromatic N) is 1. The van der Waals surface area contributed by atoms with Gasteiger partial charge in [0.05, 0.1) is 5.92 Å². The fourth-order valence-electron chi connectivity index (χ4n) is 5.29. The zero-order valence-corrected chi connectivity index (χ0v) is 27.6. The van der Waals surface area contributed by atoms with Crippen LogP contribution in [0.2, 0.25) is 0 Å². The second-order valence-corrected chi connectivity index (χ2v) is 12.4. The number of unbranched alkanes of at least 4 members (excludes halogenated alkanes) is 16. The van der Waals surface area contributed by atoms with Gasteiger partial charge in [-0.15, -0.1) is 0 Å². The highest BCUT2D eigenvalue weighted by molar-refractivity contribution is 5.72. The lowest BCUT2D eigenvalue weighted by Gasteiger charge is -2.21. The minimum atomic E-state index is -0.319. The summed E-state index contributed by atoms with van der Waals surface area (Å²) in [5, 5.41) is 0. The van der Waals surface area contributed by atoms with E-state index >= 15 is 0 Å². The van der Waals surface area contributed by atoms with E-state index in [1.165, 1.54) is 89.9 Å². The molecule has 5 heteroatoms. The first-order valence-electron chi connectivity index (χ1n) is 17.4. The molecular weight excluding hydrogens is 498 g/mol. The third-order valence-electron chi connectivity index (χ3n) is 7.97. The van der Waals surface area contributed by atoms with Gasteiger partial charge in [-0.05, 0) is 59.2 Å². The Bertz CT molecular complexity index is 566. The fraction of sp³-hybridized carbons (Fsp3) is 0.943. The maximum absolute atomic E-state index is 13.2. The Hall–Kier alpha value is -1.10. The third kappa shape index (κ3) is 25.8. The lowest BCUT2D eigenvalue weighted by molar-refractivity contribution is -0.162. The molecule has 0 amide bonds. The summed E-state index contributed by atoms with van der Waals surface area (Å²) in [5.74, 6) is -0.244. The van der Waals surface area contributed by atoms with Crippen molar-refractivity contribution in [3.05, 3.63) is 0 Å².